The largest absolute Gasteiger partial charge is 0.378 e. The predicted octanol–water partition coefficient (Wildman–Crippen LogP) is 0.418. The Morgan fingerprint density at radius 1 is 1.21 bits per heavy atom. The molecule has 0 radical (unpaired) electrons. The molecule has 0 aromatic heterocycles. The molecule has 2 atom stereocenters. The molecule has 0 aliphatic carbocycles. The van der Waals surface area contributed by atoms with E-state index in [-0.39, 0.29) is 24.0 Å². The molecule has 138 valence electrons. The van der Waals surface area contributed by atoms with Gasteiger partial charge in [0.25, 0.3) is 0 Å². The van der Waals surface area contributed by atoms with E-state index >= 15 is 0 Å². The van der Waals surface area contributed by atoms with Gasteiger partial charge in [0.2, 0.25) is 11.8 Å². The summed E-state index contributed by atoms with van der Waals surface area (Å²) in [7, 11) is 0. The smallest absolute Gasteiger partial charge is 0.225 e. The van der Waals surface area contributed by atoms with Crippen LogP contribution in [-0.2, 0) is 19.1 Å². The van der Waals surface area contributed by atoms with Crippen LogP contribution in [0.2, 0.25) is 0 Å². The summed E-state index contributed by atoms with van der Waals surface area (Å²) in [6.07, 6.45) is 6.11. The second kappa shape index (κ2) is 10.6. The van der Waals surface area contributed by atoms with Crippen LogP contribution in [-0.4, -0.2) is 68.3 Å². The van der Waals surface area contributed by atoms with Gasteiger partial charge >= 0.3 is 0 Å². The van der Waals surface area contributed by atoms with Crippen LogP contribution >= 0.6 is 0 Å². The topological polar surface area (TPSA) is 93.9 Å². The summed E-state index contributed by atoms with van der Waals surface area (Å²) in [6, 6.07) is 0.0890. The second-order valence-corrected chi connectivity index (χ2v) is 6.54. The van der Waals surface area contributed by atoms with E-state index in [0.717, 1.165) is 45.3 Å². The van der Waals surface area contributed by atoms with E-state index in [1.165, 1.54) is 0 Å². The highest BCUT2D eigenvalue weighted by molar-refractivity contribution is 5.77. The molecule has 0 spiro atoms. The molecule has 7 nitrogen and oxygen atoms in total. The third kappa shape index (κ3) is 6.37. The lowest BCUT2D eigenvalue weighted by Gasteiger charge is -2.36. The molecule has 3 N–H and O–H groups in total. The van der Waals surface area contributed by atoms with Crippen molar-refractivity contribution in [3.63, 3.8) is 0 Å². The Hall–Kier alpha value is -1.18. The molecular weight excluding hydrogens is 310 g/mol. The zero-order valence-electron chi connectivity index (χ0n) is 14.5. The maximum absolute atomic E-state index is 12.5. The highest BCUT2D eigenvalue weighted by atomic mass is 16.5. The van der Waals surface area contributed by atoms with E-state index in [2.05, 4.69) is 5.32 Å². The van der Waals surface area contributed by atoms with E-state index < -0.39 is 0 Å². The third-order valence-electron chi connectivity index (χ3n) is 4.64. The van der Waals surface area contributed by atoms with E-state index in [4.69, 9.17) is 15.2 Å². The Balaban J connectivity index is 1.67. The molecule has 2 aliphatic rings. The van der Waals surface area contributed by atoms with Crippen LogP contribution in [0.1, 0.15) is 44.9 Å². The minimum Gasteiger partial charge on any atom is -0.378 e. The number of carbonyl (C=O) groups excluding carboxylic acids is 2. The first-order chi connectivity index (χ1) is 11.7. The van der Waals surface area contributed by atoms with Crippen LogP contribution in [0.5, 0.6) is 0 Å². The lowest BCUT2D eigenvalue weighted by atomic mass is 10.0. The summed E-state index contributed by atoms with van der Waals surface area (Å²) in [5.74, 6) is 0.0653. The highest BCUT2D eigenvalue weighted by Gasteiger charge is 2.26. The first-order valence-corrected chi connectivity index (χ1v) is 9.16. The maximum Gasteiger partial charge on any atom is 0.225 e. The molecule has 2 amide bonds. The van der Waals surface area contributed by atoms with Gasteiger partial charge in [-0.15, -0.1) is 0 Å². The summed E-state index contributed by atoms with van der Waals surface area (Å²) in [5, 5.41) is 2.88. The summed E-state index contributed by atoms with van der Waals surface area (Å²) >= 11 is 0. The number of carbonyl (C=O) groups is 2. The van der Waals surface area contributed by atoms with Crippen LogP contribution < -0.4 is 11.1 Å². The first kappa shape index (κ1) is 19.1. The van der Waals surface area contributed by atoms with Crippen molar-refractivity contribution < 1.29 is 19.1 Å². The molecule has 2 heterocycles. The van der Waals surface area contributed by atoms with Gasteiger partial charge in [-0.05, 0) is 32.1 Å². The fourth-order valence-electron chi connectivity index (χ4n) is 3.29. The van der Waals surface area contributed by atoms with Crippen LogP contribution in [0, 0.1) is 0 Å². The lowest BCUT2D eigenvalue weighted by molar-refractivity contribution is -0.136. The maximum atomic E-state index is 12.5. The first-order valence-electron chi connectivity index (χ1n) is 9.16. The van der Waals surface area contributed by atoms with Gasteiger partial charge in [0.05, 0.1) is 25.7 Å². The summed E-state index contributed by atoms with van der Waals surface area (Å²) in [6.45, 7) is 3.45. The number of nitrogens with zero attached hydrogens (tertiary/aromatic N) is 1. The fraction of sp³-hybridized carbons (Fsp3) is 0.882. The summed E-state index contributed by atoms with van der Waals surface area (Å²) < 4.78 is 11.1. The number of piperidine rings is 1. The number of likely N-dealkylation sites (tertiary alicyclic amines) is 1. The van der Waals surface area contributed by atoms with Gasteiger partial charge in [-0.3, -0.25) is 9.59 Å². The molecule has 0 aromatic carbocycles. The third-order valence-corrected chi connectivity index (χ3v) is 4.64. The van der Waals surface area contributed by atoms with Crippen molar-refractivity contribution in [1.29, 1.82) is 0 Å². The quantitative estimate of drug-likeness (QED) is 0.593. The summed E-state index contributed by atoms with van der Waals surface area (Å²) in [5.41, 5.74) is 5.38. The molecule has 2 fully saturated rings. The Morgan fingerprint density at radius 3 is 2.83 bits per heavy atom. The molecule has 0 bridgehead atoms. The molecule has 2 aliphatic heterocycles. The fourth-order valence-corrected chi connectivity index (χ4v) is 3.29. The molecule has 7 heteroatoms. The number of rotatable bonds is 9. The van der Waals surface area contributed by atoms with Crippen molar-refractivity contribution in [3.8, 4) is 0 Å². The second-order valence-electron chi connectivity index (χ2n) is 6.54. The van der Waals surface area contributed by atoms with E-state index in [1.807, 2.05) is 4.90 Å². The molecule has 2 rings (SSSR count). The molecule has 0 aromatic rings. The predicted molar refractivity (Wildman–Crippen MR) is 90.4 cm³/mol. The van der Waals surface area contributed by atoms with Crippen molar-refractivity contribution in [3.05, 3.63) is 0 Å². The average Bonchev–Trinajstić information content (AvgIpc) is 3.10. The van der Waals surface area contributed by atoms with Crippen molar-refractivity contribution in [2.45, 2.75) is 57.1 Å². The Labute approximate surface area is 144 Å². The van der Waals surface area contributed by atoms with Gasteiger partial charge in [-0.25, -0.2) is 0 Å². The number of nitrogens with one attached hydrogen (secondary N) is 1. The van der Waals surface area contributed by atoms with Crippen LogP contribution in [0.4, 0.5) is 0 Å². The van der Waals surface area contributed by atoms with Gasteiger partial charge in [0.1, 0.15) is 0 Å². The minimum absolute atomic E-state index is 0.0460. The monoisotopic (exact) mass is 341 g/mol. The Morgan fingerprint density at radius 2 is 2.08 bits per heavy atom. The van der Waals surface area contributed by atoms with E-state index in [9.17, 15) is 9.59 Å². The van der Waals surface area contributed by atoms with Gasteiger partial charge < -0.3 is 25.4 Å². The van der Waals surface area contributed by atoms with Gasteiger partial charge in [-0.2, -0.15) is 0 Å². The van der Waals surface area contributed by atoms with Crippen LogP contribution in [0.15, 0.2) is 0 Å². The number of hydrogen-bond acceptors (Lipinski definition) is 5. The minimum atomic E-state index is -0.0460. The molecule has 0 saturated carbocycles. The standard InChI is InChI=1S/C17H31N3O4/c18-8-6-16(21)19-12-14-4-1-2-9-20(14)17(22)7-11-23-13-15-5-3-10-24-15/h14-15H,1-13,18H2,(H,19,21). The Kier molecular flexibility index (Phi) is 8.49. The van der Waals surface area contributed by atoms with Crippen LogP contribution in [0.3, 0.4) is 0 Å². The van der Waals surface area contributed by atoms with Crippen LogP contribution in [0.25, 0.3) is 0 Å². The summed E-state index contributed by atoms with van der Waals surface area (Å²) in [4.78, 5) is 25.9. The van der Waals surface area contributed by atoms with Gasteiger partial charge in [-0.1, -0.05) is 0 Å². The van der Waals surface area contributed by atoms with Gasteiger partial charge in [0, 0.05) is 38.7 Å². The molecule has 24 heavy (non-hydrogen) atoms. The molecular formula is C17H31N3O4. The van der Waals surface area contributed by atoms with Gasteiger partial charge in [0.15, 0.2) is 0 Å². The van der Waals surface area contributed by atoms with E-state index in [0.29, 0.717) is 39.1 Å². The number of nitrogens with two attached hydrogens (primary N) is 1. The molecule has 2 saturated heterocycles. The van der Waals surface area contributed by atoms with Crippen molar-refractivity contribution in [1.82, 2.24) is 10.2 Å². The number of ether oxygens (including phenoxy) is 2. The van der Waals surface area contributed by atoms with Crippen molar-refractivity contribution in [2.24, 2.45) is 5.73 Å². The highest BCUT2D eigenvalue weighted by Crippen LogP contribution is 2.18. The zero-order chi connectivity index (χ0) is 17.2. The van der Waals surface area contributed by atoms with Crippen molar-refractivity contribution in [2.75, 3.05) is 39.5 Å². The number of hydrogen-bond donors (Lipinski definition) is 2. The Bertz CT molecular complexity index is 399. The molecule has 2 unspecified atom stereocenters. The zero-order valence-corrected chi connectivity index (χ0v) is 14.5. The normalized spacial score (nSPS) is 24.1. The number of amides is 2. The van der Waals surface area contributed by atoms with E-state index in [1.54, 1.807) is 0 Å². The lowest BCUT2D eigenvalue weighted by Crippen LogP contribution is -2.49. The SMILES string of the molecule is NCCC(=O)NCC1CCCCN1C(=O)CCOCC1CCCO1. The average molecular weight is 341 g/mol. The van der Waals surface area contributed by atoms with Crippen molar-refractivity contribution >= 4 is 11.8 Å².